The summed E-state index contributed by atoms with van der Waals surface area (Å²) in [6.45, 7) is 3.66. The van der Waals surface area contributed by atoms with Gasteiger partial charge in [0.05, 0.1) is 25.3 Å². The lowest BCUT2D eigenvalue weighted by Crippen LogP contribution is -2.29. The van der Waals surface area contributed by atoms with Crippen molar-refractivity contribution in [3.63, 3.8) is 0 Å². The van der Waals surface area contributed by atoms with Crippen molar-refractivity contribution in [3.8, 4) is 11.5 Å². The van der Waals surface area contributed by atoms with Gasteiger partial charge in [-0.2, -0.15) is 0 Å². The van der Waals surface area contributed by atoms with Gasteiger partial charge in [0, 0.05) is 23.9 Å². The molecule has 0 saturated carbocycles. The molecule has 2 amide bonds. The third-order valence-electron chi connectivity index (χ3n) is 5.74. The fourth-order valence-corrected chi connectivity index (χ4v) is 4.19. The lowest BCUT2D eigenvalue weighted by molar-refractivity contribution is -0.132. The van der Waals surface area contributed by atoms with Gasteiger partial charge in [-0.15, -0.1) is 0 Å². The van der Waals surface area contributed by atoms with E-state index in [1.165, 1.54) is 11.8 Å². The molecule has 1 unspecified atom stereocenters. The van der Waals surface area contributed by atoms with Crippen LogP contribution in [0.15, 0.2) is 78.4 Å². The summed E-state index contributed by atoms with van der Waals surface area (Å²) in [5.41, 5.74) is 1.77. The monoisotopic (exact) mass is 486 g/mol. The van der Waals surface area contributed by atoms with Gasteiger partial charge in [0.15, 0.2) is 0 Å². The molecule has 1 heterocycles. The van der Waals surface area contributed by atoms with E-state index >= 15 is 0 Å². The van der Waals surface area contributed by atoms with Crippen LogP contribution in [0.1, 0.15) is 31.0 Å². The number of nitrogens with one attached hydrogen (secondary N) is 1. The number of amides is 2. The molecule has 8 heteroatoms. The molecule has 184 valence electrons. The second-order valence-corrected chi connectivity index (χ2v) is 8.13. The number of carbonyl (C=O) groups excluding carboxylic acids is 3. The average Bonchev–Trinajstić information content (AvgIpc) is 3.14. The summed E-state index contributed by atoms with van der Waals surface area (Å²) in [6, 6.07) is 19.4. The van der Waals surface area contributed by atoms with Crippen LogP contribution in [0.2, 0.25) is 0 Å². The maximum Gasteiger partial charge on any atom is 0.300 e. The molecule has 0 aromatic heterocycles. The zero-order valence-electron chi connectivity index (χ0n) is 20.1. The normalized spacial score (nSPS) is 16.6. The van der Waals surface area contributed by atoms with E-state index in [4.69, 9.17) is 9.47 Å². The van der Waals surface area contributed by atoms with Crippen molar-refractivity contribution in [2.75, 3.05) is 23.9 Å². The maximum atomic E-state index is 13.4. The van der Waals surface area contributed by atoms with Crippen LogP contribution < -0.4 is 19.7 Å². The Morgan fingerprint density at radius 1 is 1.00 bits per heavy atom. The molecule has 0 spiro atoms. The number of hydrogen-bond donors (Lipinski definition) is 2. The molecule has 4 rings (SSSR count). The minimum absolute atomic E-state index is 0.0521. The molecule has 2 N–H and O–H groups in total. The number of benzene rings is 3. The SMILES string of the molecule is CCOc1cccc(/C(O)=C2\C(=O)C(=O)N(c3cccc(NC(C)=O)c3)C2c2ccc(OC)cc2)c1. The van der Waals surface area contributed by atoms with Crippen LogP contribution >= 0.6 is 0 Å². The Kier molecular flexibility index (Phi) is 7.05. The van der Waals surface area contributed by atoms with Crippen molar-refractivity contribution in [2.45, 2.75) is 19.9 Å². The summed E-state index contributed by atoms with van der Waals surface area (Å²) in [4.78, 5) is 39.6. The topological polar surface area (TPSA) is 105 Å². The van der Waals surface area contributed by atoms with Gasteiger partial charge in [-0.3, -0.25) is 19.3 Å². The summed E-state index contributed by atoms with van der Waals surface area (Å²) in [6.07, 6.45) is 0. The third kappa shape index (κ3) is 4.79. The molecule has 0 bridgehead atoms. The lowest BCUT2D eigenvalue weighted by Gasteiger charge is -2.26. The van der Waals surface area contributed by atoms with E-state index < -0.39 is 17.7 Å². The highest BCUT2D eigenvalue weighted by molar-refractivity contribution is 6.51. The number of Topliss-reactive ketones (excluding diaryl/α,β-unsaturated/α-hetero) is 1. The highest BCUT2D eigenvalue weighted by atomic mass is 16.5. The van der Waals surface area contributed by atoms with Crippen LogP contribution in [0.25, 0.3) is 5.76 Å². The zero-order chi connectivity index (χ0) is 25.8. The molecule has 1 saturated heterocycles. The van der Waals surface area contributed by atoms with Crippen LogP contribution in [0.3, 0.4) is 0 Å². The Balaban J connectivity index is 1.90. The van der Waals surface area contributed by atoms with Gasteiger partial charge in [0.25, 0.3) is 11.7 Å². The van der Waals surface area contributed by atoms with Crippen molar-refractivity contribution in [1.82, 2.24) is 0 Å². The van der Waals surface area contributed by atoms with E-state index in [0.29, 0.717) is 40.6 Å². The third-order valence-corrected chi connectivity index (χ3v) is 5.74. The molecular formula is C28H26N2O6. The van der Waals surface area contributed by atoms with Crippen LogP contribution in [0.4, 0.5) is 11.4 Å². The number of nitrogens with zero attached hydrogens (tertiary/aromatic N) is 1. The molecule has 0 aliphatic carbocycles. The predicted molar refractivity (Wildman–Crippen MR) is 136 cm³/mol. The average molecular weight is 487 g/mol. The van der Waals surface area contributed by atoms with Gasteiger partial charge in [-0.25, -0.2) is 0 Å². The largest absolute Gasteiger partial charge is 0.507 e. The van der Waals surface area contributed by atoms with E-state index in [-0.39, 0.29) is 17.2 Å². The molecule has 36 heavy (non-hydrogen) atoms. The molecule has 1 aliphatic heterocycles. The number of anilines is 2. The van der Waals surface area contributed by atoms with Crippen molar-refractivity contribution < 1.29 is 29.0 Å². The molecule has 3 aromatic carbocycles. The van der Waals surface area contributed by atoms with Gasteiger partial charge in [-0.1, -0.05) is 30.3 Å². The first kappa shape index (κ1) is 24.5. The van der Waals surface area contributed by atoms with Crippen LogP contribution in [0, 0.1) is 0 Å². The summed E-state index contributed by atoms with van der Waals surface area (Å²) in [5, 5.41) is 14.0. The van der Waals surface area contributed by atoms with E-state index in [1.54, 1.807) is 79.9 Å². The summed E-state index contributed by atoms with van der Waals surface area (Å²) < 4.78 is 10.8. The Morgan fingerprint density at radius 2 is 1.72 bits per heavy atom. The smallest absolute Gasteiger partial charge is 0.300 e. The molecular weight excluding hydrogens is 460 g/mol. The van der Waals surface area contributed by atoms with Crippen molar-refractivity contribution in [3.05, 3.63) is 89.5 Å². The van der Waals surface area contributed by atoms with Crippen LogP contribution in [-0.2, 0) is 14.4 Å². The minimum Gasteiger partial charge on any atom is -0.507 e. The number of hydrogen-bond acceptors (Lipinski definition) is 6. The molecule has 1 fully saturated rings. The number of ether oxygens (including phenoxy) is 2. The number of ketones is 1. The van der Waals surface area contributed by atoms with Gasteiger partial charge >= 0.3 is 0 Å². The first-order chi connectivity index (χ1) is 17.3. The van der Waals surface area contributed by atoms with E-state index in [1.807, 2.05) is 6.92 Å². The van der Waals surface area contributed by atoms with E-state index in [0.717, 1.165) is 0 Å². The summed E-state index contributed by atoms with van der Waals surface area (Å²) >= 11 is 0. The Bertz CT molecular complexity index is 1350. The Morgan fingerprint density at radius 3 is 2.39 bits per heavy atom. The standard InChI is InChI=1S/C28H26N2O6/c1-4-36-23-10-5-7-19(15-23)26(32)24-25(18-11-13-22(35-3)14-12-18)30(28(34)27(24)33)21-9-6-8-20(16-21)29-17(2)31/h5-16,25,32H,4H2,1-3H3,(H,29,31)/b26-24+. The molecule has 1 aliphatic rings. The van der Waals surface area contributed by atoms with E-state index in [2.05, 4.69) is 5.32 Å². The van der Waals surface area contributed by atoms with Gasteiger partial charge < -0.3 is 19.9 Å². The van der Waals surface area contributed by atoms with Crippen molar-refractivity contribution >= 4 is 34.7 Å². The lowest BCUT2D eigenvalue weighted by atomic mass is 9.95. The number of methoxy groups -OCH3 is 1. The second-order valence-electron chi connectivity index (χ2n) is 8.13. The maximum absolute atomic E-state index is 13.4. The zero-order valence-corrected chi connectivity index (χ0v) is 20.1. The fourth-order valence-electron chi connectivity index (χ4n) is 4.19. The number of rotatable bonds is 7. The molecule has 8 nitrogen and oxygen atoms in total. The second kappa shape index (κ2) is 10.4. The number of aliphatic hydroxyl groups excluding tert-OH is 1. The molecule has 0 radical (unpaired) electrons. The van der Waals surface area contributed by atoms with E-state index in [9.17, 15) is 19.5 Å². The van der Waals surface area contributed by atoms with Crippen LogP contribution in [-0.4, -0.2) is 36.4 Å². The summed E-state index contributed by atoms with van der Waals surface area (Å²) in [7, 11) is 1.54. The van der Waals surface area contributed by atoms with Gasteiger partial charge in [-0.05, 0) is 55.0 Å². The minimum atomic E-state index is -0.917. The first-order valence-electron chi connectivity index (χ1n) is 11.4. The fraction of sp³-hybridized carbons (Fsp3) is 0.179. The predicted octanol–water partition coefficient (Wildman–Crippen LogP) is 4.68. The highest BCUT2D eigenvalue weighted by Crippen LogP contribution is 2.43. The highest BCUT2D eigenvalue weighted by Gasteiger charge is 2.47. The quantitative estimate of drug-likeness (QED) is 0.285. The molecule has 1 atom stereocenters. The van der Waals surface area contributed by atoms with Gasteiger partial charge in [0.2, 0.25) is 5.91 Å². The van der Waals surface area contributed by atoms with Crippen molar-refractivity contribution in [2.24, 2.45) is 0 Å². The van der Waals surface area contributed by atoms with Gasteiger partial charge in [0.1, 0.15) is 17.3 Å². The van der Waals surface area contributed by atoms with Crippen molar-refractivity contribution in [1.29, 1.82) is 0 Å². The summed E-state index contributed by atoms with van der Waals surface area (Å²) in [5.74, 6) is -1.06. The van der Waals surface area contributed by atoms with Crippen LogP contribution in [0.5, 0.6) is 11.5 Å². The Labute approximate surface area is 208 Å². The first-order valence-corrected chi connectivity index (χ1v) is 11.4. The Hall–Kier alpha value is -4.59. The number of carbonyl (C=O) groups is 3. The number of aliphatic hydroxyl groups is 1. The molecule has 3 aromatic rings.